The summed E-state index contributed by atoms with van der Waals surface area (Å²) in [6, 6.07) is 1.83. The monoisotopic (exact) mass is 426 g/mol. The summed E-state index contributed by atoms with van der Waals surface area (Å²) in [5, 5.41) is 23.2. The molecule has 0 saturated heterocycles. The van der Waals surface area contributed by atoms with Gasteiger partial charge in [0.25, 0.3) is 0 Å². The van der Waals surface area contributed by atoms with Gasteiger partial charge in [-0.3, -0.25) is 24.3 Å². The van der Waals surface area contributed by atoms with Gasteiger partial charge in [-0.05, 0) is 75.7 Å². The highest BCUT2D eigenvalue weighted by atomic mass is 16.6. The number of rotatable bonds is 7. The second-order valence-corrected chi connectivity index (χ2v) is 10.1. The van der Waals surface area contributed by atoms with Crippen molar-refractivity contribution < 1.29 is 9.72 Å². The third kappa shape index (κ3) is 3.53. The Morgan fingerprint density at radius 2 is 2.10 bits per heavy atom. The van der Waals surface area contributed by atoms with Gasteiger partial charge in [0.15, 0.2) is 0 Å². The van der Waals surface area contributed by atoms with Gasteiger partial charge in [-0.15, -0.1) is 0 Å². The molecule has 0 radical (unpaired) electrons. The molecule has 1 N–H and O–H groups in total. The summed E-state index contributed by atoms with van der Waals surface area (Å²) in [6.45, 7) is 4.82. The molecule has 0 spiro atoms. The highest BCUT2D eigenvalue weighted by Gasteiger charge is 2.59. The number of carbonyl (C=O) groups excluding carboxylic acids is 1. The van der Waals surface area contributed by atoms with Crippen molar-refractivity contribution in [3.8, 4) is 0 Å². The van der Waals surface area contributed by atoms with E-state index in [1.165, 1.54) is 12.6 Å². The first kappa shape index (κ1) is 20.2. The maximum atomic E-state index is 13.1. The van der Waals surface area contributed by atoms with Crippen LogP contribution < -0.4 is 5.32 Å². The molecule has 1 amide bonds. The average molecular weight is 427 g/mol. The van der Waals surface area contributed by atoms with Crippen LogP contribution in [-0.2, 0) is 16.9 Å². The molecule has 2 aromatic heterocycles. The normalized spacial score (nSPS) is 32.2. The molecular weight excluding hydrogens is 396 g/mol. The first-order valence-corrected chi connectivity index (χ1v) is 11.3. The van der Waals surface area contributed by atoms with E-state index in [0.29, 0.717) is 18.3 Å². The number of carbonyl (C=O) groups is 1. The largest absolute Gasteiger partial charge is 0.348 e. The topological polar surface area (TPSA) is 108 Å². The van der Waals surface area contributed by atoms with Crippen LogP contribution in [0.15, 0.2) is 24.7 Å². The van der Waals surface area contributed by atoms with E-state index in [-0.39, 0.29) is 33.5 Å². The minimum Gasteiger partial charge on any atom is -0.348 e. The van der Waals surface area contributed by atoms with Crippen LogP contribution in [0.3, 0.4) is 0 Å². The fourth-order valence-electron chi connectivity index (χ4n) is 7.04. The van der Waals surface area contributed by atoms with Crippen LogP contribution in [-0.4, -0.2) is 30.4 Å². The van der Waals surface area contributed by atoms with Crippen molar-refractivity contribution in [2.24, 2.45) is 17.3 Å². The average Bonchev–Trinajstić information content (AvgIpc) is 3.36. The molecule has 2 heterocycles. The molecule has 4 bridgehead atoms. The Labute approximate surface area is 181 Å². The maximum absolute atomic E-state index is 13.1. The predicted octanol–water partition coefficient (Wildman–Crippen LogP) is 3.57. The SMILES string of the molecule is CCn1ccc(C(C)NC(=O)CC23CC4CC(C2)CC(n2cc([N+](=O)[O-])cn2)(C4)C3)n1. The van der Waals surface area contributed by atoms with E-state index < -0.39 is 0 Å². The molecule has 4 saturated carbocycles. The fraction of sp³-hybridized carbons (Fsp3) is 0.682. The lowest BCUT2D eigenvalue weighted by atomic mass is 9.46. The van der Waals surface area contributed by atoms with Crippen molar-refractivity contribution in [2.45, 2.75) is 76.9 Å². The van der Waals surface area contributed by atoms with Crippen LogP contribution in [0, 0.1) is 27.4 Å². The van der Waals surface area contributed by atoms with Crippen molar-refractivity contribution in [1.82, 2.24) is 24.9 Å². The molecular formula is C22H30N6O3. The Hall–Kier alpha value is -2.71. The highest BCUT2D eigenvalue weighted by molar-refractivity contribution is 5.77. The second kappa shape index (κ2) is 7.17. The predicted molar refractivity (Wildman–Crippen MR) is 113 cm³/mol. The summed E-state index contributed by atoms with van der Waals surface area (Å²) in [4.78, 5) is 23.9. The van der Waals surface area contributed by atoms with E-state index in [4.69, 9.17) is 0 Å². The number of hydrogen-bond donors (Lipinski definition) is 1. The molecule has 6 rings (SSSR count). The molecule has 4 aliphatic carbocycles. The third-order valence-electron chi connectivity index (χ3n) is 7.76. The van der Waals surface area contributed by atoms with Crippen LogP contribution in [0.2, 0.25) is 0 Å². The number of nitrogens with one attached hydrogen (secondary N) is 1. The summed E-state index contributed by atoms with van der Waals surface area (Å²) in [5.41, 5.74) is 0.686. The van der Waals surface area contributed by atoms with Gasteiger partial charge in [0.05, 0.1) is 22.2 Å². The molecule has 9 nitrogen and oxygen atoms in total. The Morgan fingerprint density at radius 1 is 1.35 bits per heavy atom. The maximum Gasteiger partial charge on any atom is 0.307 e. The quantitative estimate of drug-likeness (QED) is 0.538. The summed E-state index contributed by atoms with van der Waals surface area (Å²) >= 11 is 0. The van der Waals surface area contributed by atoms with E-state index in [2.05, 4.69) is 15.5 Å². The van der Waals surface area contributed by atoms with E-state index in [1.807, 2.05) is 35.5 Å². The Morgan fingerprint density at radius 3 is 2.71 bits per heavy atom. The standard InChI is InChI=1S/C22H30N6O3/c1-3-26-5-4-19(25-26)15(2)24-20(29)11-21-7-16-6-17(8-21)10-22(9-16,14-21)27-13-18(12-23-27)28(30)31/h4-5,12-13,15-17H,3,6-11,14H2,1-2H3,(H,24,29). The van der Waals surface area contributed by atoms with E-state index in [9.17, 15) is 14.9 Å². The van der Waals surface area contributed by atoms with Crippen LogP contribution in [0.1, 0.15) is 70.5 Å². The first-order valence-electron chi connectivity index (χ1n) is 11.3. The first-order chi connectivity index (χ1) is 14.8. The van der Waals surface area contributed by atoms with Crippen LogP contribution in [0.5, 0.6) is 0 Å². The fourth-order valence-corrected chi connectivity index (χ4v) is 7.04. The van der Waals surface area contributed by atoms with Gasteiger partial charge in [0.1, 0.15) is 12.4 Å². The summed E-state index contributed by atoms with van der Waals surface area (Å²) in [6.07, 6.45) is 11.6. The Kier molecular flexibility index (Phi) is 4.67. The number of nitrogens with zero attached hydrogens (tertiary/aromatic N) is 5. The van der Waals surface area contributed by atoms with Crippen molar-refractivity contribution in [2.75, 3.05) is 0 Å². The zero-order valence-corrected chi connectivity index (χ0v) is 18.2. The second-order valence-electron chi connectivity index (χ2n) is 10.1. The lowest BCUT2D eigenvalue weighted by Crippen LogP contribution is -2.57. The summed E-state index contributed by atoms with van der Waals surface area (Å²) in [5.74, 6) is 1.20. The number of hydrogen-bond acceptors (Lipinski definition) is 5. The van der Waals surface area contributed by atoms with Crippen LogP contribution in [0.4, 0.5) is 5.69 Å². The molecule has 3 atom stereocenters. The number of aromatic nitrogens is 4. The molecule has 4 aliphatic rings. The zero-order chi connectivity index (χ0) is 21.8. The third-order valence-corrected chi connectivity index (χ3v) is 7.76. The number of amides is 1. The lowest BCUT2D eigenvalue weighted by Gasteiger charge is -2.61. The Bertz CT molecular complexity index is 997. The molecule has 31 heavy (non-hydrogen) atoms. The van der Waals surface area contributed by atoms with Crippen molar-refractivity contribution in [1.29, 1.82) is 0 Å². The van der Waals surface area contributed by atoms with Crippen molar-refractivity contribution >= 4 is 11.6 Å². The van der Waals surface area contributed by atoms with Crippen molar-refractivity contribution in [3.63, 3.8) is 0 Å². The van der Waals surface area contributed by atoms with E-state index in [1.54, 1.807) is 6.20 Å². The van der Waals surface area contributed by atoms with E-state index >= 15 is 0 Å². The highest BCUT2D eigenvalue weighted by Crippen LogP contribution is 2.65. The lowest BCUT2D eigenvalue weighted by molar-refractivity contribution is -0.385. The minimum absolute atomic E-state index is 0.0443. The molecule has 4 fully saturated rings. The van der Waals surface area contributed by atoms with Crippen LogP contribution >= 0.6 is 0 Å². The van der Waals surface area contributed by atoms with E-state index in [0.717, 1.165) is 44.3 Å². The zero-order valence-electron chi connectivity index (χ0n) is 18.2. The van der Waals surface area contributed by atoms with Gasteiger partial charge in [0, 0.05) is 19.2 Å². The van der Waals surface area contributed by atoms with Gasteiger partial charge in [-0.2, -0.15) is 10.2 Å². The van der Waals surface area contributed by atoms with Gasteiger partial charge in [0.2, 0.25) is 5.91 Å². The molecule has 0 aromatic carbocycles. The van der Waals surface area contributed by atoms with Gasteiger partial charge < -0.3 is 5.32 Å². The number of aryl methyl sites for hydroxylation is 1. The van der Waals surface area contributed by atoms with Crippen molar-refractivity contribution in [3.05, 3.63) is 40.5 Å². The Balaban J connectivity index is 1.33. The summed E-state index contributed by atoms with van der Waals surface area (Å²) in [7, 11) is 0. The molecule has 2 aromatic rings. The summed E-state index contributed by atoms with van der Waals surface area (Å²) < 4.78 is 3.72. The molecule has 3 unspecified atom stereocenters. The molecule has 0 aliphatic heterocycles. The molecule has 166 valence electrons. The molecule has 9 heteroatoms. The van der Waals surface area contributed by atoms with Gasteiger partial charge in [-0.1, -0.05) is 0 Å². The van der Waals surface area contributed by atoms with Gasteiger partial charge in [-0.25, -0.2) is 0 Å². The van der Waals surface area contributed by atoms with Crippen LogP contribution in [0.25, 0.3) is 0 Å². The smallest absolute Gasteiger partial charge is 0.307 e. The number of nitro groups is 1. The minimum atomic E-state index is -0.380. The van der Waals surface area contributed by atoms with Gasteiger partial charge >= 0.3 is 5.69 Å².